The zero-order valence-corrected chi connectivity index (χ0v) is 88.3. The smallest absolute Gasteiger partial charge is 0.232 e. The second-order valence-corrected chi connectivity index (χ2v) is 42.2. The van der Waals surface area contributed by atoms with Gasteiger partial charge in [0.2, 0.25) is 11.9 Å². The molecule has 0 fully saturated rings. The molecule has 4 aromatic rings. The van der Waals surface area contributed by atoms with Crippen molar-refractivity contribution in [3.63, 3.8) is 0 Å². The first-order valence-electron chi connectivity index (χ1n) is 59.6. The third-order valence-corrected chi connectivity index (χ3v) is 29.6. The number of nitrogens with zero attached hydrogens (tertiary/aromatic N) is 3. The molecule has 0 amide bonds. The van der Waals surface area contributed by atoms with Gasteiger partial charge < -0.3 is 10.6 Å². The SMILES string of the molecule is CCCCCCCCCCCCCCCCCc1cc(Nc2nc(Nc3cc(CCCCCCCCCCCCCCCCC)c(CCCCCCCCCCCCCCCCC)c(CCCCCCCCCCCCCCCCC)c3)nc(-c3ccc(C)cc3)n2)cc(CCCCCCCCCCCCCCCCC)c1CCCCCCCCCCCCCCCCC. The van der Waals surface area contributed by atoms with Gasteiger partial charge in [0.05, 0.1) is 0 Å². The fourth-order valence-electron chi connectivity index (χ4n) is 20.9. The van der Waals surface area contributed by atoms with Gasteiger partial charge in [0.25, 0.3) is 0 Å². The van der Waals surface area contributed by atoms with E-state index >= 15 is 0 Å². The minimum absolute atomic E-state index is 0.648. The normalized spacial score (nSPS) is 11.7. The van der Waals surface area contributed by atoms with Gasteiger partial charge in [-0.1, -0.05) is 611 Å². The Morgan fingerprint density at radius 1 is 0.171 bits per heavy atom. The van der Waals surface area contributed by atoms with Crippen molar-refractivity contribution in [2.45, 2.75) is 665 Å². The molecule has 3 aromatic carbocycles. The molecule has 5 nitrogen and oxygen atoms in total. The number of benzene rings is 3. The Morgan fingerprint density at radius 2 is 0.318 bits per heavy atom. The highest BCUT2D eigenvalue weighted by Crippen LogP contribution is 2.34. The van der Waals surface area contributed by atoms with Crippen LogP contribution in [0.4, 0.5) is 23.3 Å². The number of hydrogen-bond acceptors (Lipinski definition) is 5. The quantitative estimate of drug-likeness (QED) is 0.0431. The van der Waals surface area contributed by atoms with Gasteiger partial charge in [0.15, 0.2) is 5.82 Å². The van der Waals surface area contributed by atoms with E-state index < -0.39 is 0 Å². The monoisotopic (exact) mass is 1780 g/mol. The molecular formula is C124H223N5. The van der Waals surface area contributed by atoms with Crippen molar-refractivity contribution >= 4 is 23.3 Å². The lowest BCUT2D eigenvalue weighted by Crippen LogP contribution is -2.09. The predicted octanol–water partition coefficient (Wildman–Crippen LogP) is 43.8. The lowest BCUT2D eigenvalue weighted by Gasteiger charge is -2.20. The second-order valence-electron chi connectivity index (χ2n) is 42.2. The van der Waals surface area contributed by atoms with Crippen LogP contribution in [0.1, 0.15) is 658 Å². The highest BCUT2D eigenvalue weighted by Gasteiger charge is 2.19. The standard InChI is InChI=1S/C124H223N5/c1-8-14-20-26-32-38-44-50-56-62-68-74-80-86-92-98-114-108-118(109-115(99-93-87-81-75-69-63-57-51-45-39-33-27-21-15-9-2)120(114)102-96-90-84-78-72-66-60-54-48-42-36-30-24-18-12-5)125-123-127-122(113-106-104-112(7)105-107-113)128-124(129-123)126-119-110-116(100-94-88-82-76-70-64-58-52-46-40-34-28-22-16-10-3)121(103-97-91-85-79-73-67-61-55-49-43-37-31-25-19-13-6)117(111-119)101-95-89-83-77-71-65-59-53-47-41-35-29-23-17-11-4/h104-111H,8-103H2,1-7H3,(H2,125,126,127,128,129). The lowest BCUT2D eigenvalue weighted by molar-refractivity contribution is 0.530. The average Bonchev–Trinajstić information content (AvgIpc) is 0.806. The minimum Gasteiger partial charge on any atom is -0.324 e. The van der Waals surface area contributed by atoms with Crippen LogP contribution in [0.5, 0.6) is 0 Å². The van der Waals surface area contributed by atoms with E-state index in [4.69, 9.17) is 15.0 Å². The summed E-state index contributed by atoms with van der Waals surface area (Å²) in [6.07, 6.45) is 133. The summed E-state index contributed by atoms with van der Waals surface area (Å²) < 4.78 is 0. The summed E-state index contributed by atoms with van der Waals surface area (Å²) in [6, 6.07) is 19.2. The highest BCUT2D eigenvalue weighted by atomic mass is 15.2. The summed E-state index contributed by atoms with van der Waals surface area (Å²) in [4.78, 5) is 16.4. The fraction of sp³-hybridized carbons (Fsp3) is 0.831. The van der Waals surface area contributed by atoms with E-state index in [1.807, 2.05) is 0 Å². The third kappa shape index (κ3) is 68.8. The third-order valence-electron chi connectivity index (χ3n) is 29.6. The zero-order valence-electron chi connectivity index (χ0n) is 88.3. The van der Waals surface area contributed by atoms with Crippen molar-refractivity contribution in [3.05, 3.63) is 87.5 Å². The van der Waals surface area contributed by atoms with Gasteiger partial charge in [0, 0.05) is 16.9 Å². The first kappa shape index (κ1) is 118. The van der Waals surface area contributed by atoms with Crippen molar-refractivity contribution < 1.29 is 0 Å². The zero-order chi connectivity index (χ0) is 91.6. The summed E-state index contributed by atoms with van der Waals surface area (Å²) in [5.74, 6) is 2.03. The summed E-state index contributed by atoms with van der Waals surface area (Å²) >= 11 is 0. The molecule has 5 heteroatoms. The van der Waals surface area contributed by atoms with E-state index in [1.165, 1.54) is 596 Å². The molecule has 0 aliphatic rings. The number of rotatable bonds is 101. The molecule has 744 valence electrons. The van der Waals surface area contributed by atoms with Gasteiger partial charge in [-0.2, -0.15) is 15.0 Å². The number of aryl methyl sites for hydroxylation is 5. The number of anilines is 4. The van der Waals surface area contributed by atoms with Crippen molar-refractivity contribution in [3.8, 4) is 11.4 Å². The molecule has 0 bridgehead atoms. The Kier molecular flexibility index (Phi) is 82.7. The van der Waals surface area contributed by atoms with Crippen LogP contribution < -0.4 is 10.6 Å². The number of aromatic nitrogens is 3. The van der Waals surface area contributed by atoms with Crippen molar-refractivity contribution in [1.29, 1.82) is 0 Å². The Bertz CT molecular complexity index is 2710. The lowest BCUT2D eigenvalue weighted by atomic mass is 9.89. The van der Waals surface area contributed by atoms with Crippen LogP contribution in [0, 0.1) is 6.92 Å². The molecule has 0 atom stereocenters. The molecule has 1 aromatic heterocycles. The highest BCUT2D eigenvalue weighted by molar-refractivity contribution is 5.66. The second kappa shape index (κ2) is 90.7. The van der Waals surface area contributed by atoms with E-state index in [0.29, 0.717) is 11.9 Å². The van der Waals surface area contributed by atoms with Crippen LogP contribution in [0.15, 0.2) is 48.5 Å². The Hall–Kier alpha value is -3.73. The Balaban J connectivity index is 1.69. The van der Waals surface area contributed by atoms with Crippen molar-refractivity contribution in [1.82, 2.24) is 15.0 Å². The molecule has 4 rings (SSSR count). The summed E-state index contributed by atoms with van der Waals surface area (Å²) in [7, 11) is 0. The summed E-state index contributed by atoms with van der Waals surface area (Å²) in [5.41, 5.74) is 14.4. The van der Waals surface area contributed by atoms with Gasteiger partial charge in [-0.05, 0) is 142 Å². The molecule has 0 aliphatic heterocycles. The van der Waals surface area contributed by atoms with Gasteiger partial charge >= 0.3 is 0 Å². The molecule has 0 saturated heterocycles. The number of hydrogen-bond donors (Lipinski definition) is 2. The predicted molar refractivity (Wildman–Crippen MR) is 581 cm³/mol. The van der Waals surface area contributed by atoms with Gasteiger partial charge in [-0.15, -0.1) is 0 Å². The van der Waals surface area contributed by atoms with Crippen molar-refractivity contribution in [2.24, 2.45) is 0 Å². The van der Waals surface area contributed by atoms with Crippen LogP contribution in [-0.2, 0) is 38.5 Å². The molecule has 2 N–H and O–H groups in total. The molecule has 0 spiro atoms. The molecule has 0 saturated carbocycles. The van der Waals surface area contributed by atoms with E-state index in [0.717, 1.165) is 48.4 Å². The molecule has 0 aliphatic carbocycles. The summed E-state index contributed by atoms with van der Waals surface area (Å²) in [5, 5.41) is 8.05. The maximum atomic E-state index is 5.51. The van der Waals surface area contributed by atoms with Crippen LogP contribution in [-0.4, -0.2) is 15.0 Å². The van der Waals surface area contributed by atoms with Gasteiger partial charge in [-0.3, -0.25) is 0 Å². The Labute approximate surface area is 807 Å². The molecule has 1 heterocycles. The number of nitrogens with one attached hydrogen (secondary N) is 2. The first-order valence-corrected chi connectivity index (χ1v) is 59.6. The molecule has 129 heavy (non-hydrogen) atoms. The van der Waals surface area contributed by atoms with Crippen LogP contribution in [0.3, 0.4) is 0 Å². The molecular weight excluding hydrogens is 1560 g/mol. The maximum Gasteiger partial charge on any atom is 0.232 e. The van der Waals surface area contributed by atoms with Crippen LogP contribution in [0.25, 0.3) is 11.4 Å². The maximum absolute atomic E-state index is 5.51. The summed E-state index contributed by atoms with van der Waals surface area (Å²) in [6.45, 7) is 16.2. The molecule has 0 radical (unpaired) electrons. The van der Waals surface area contributed by atoms with E-state index in [1.54, 1.807) is 33.4 Å². The fourth-order valence-corrected chi connectivity index (χ4v) is 20.9. The van der Waals surface area contributed by atoms with Crippen LogP contribution >= 0.6 is 0 Å². The average molecular weight is 1780 g/mol. The topological polar surface area (TPSA) is 62.7 Å². The van der Waals surface area contributed by atoms with E-state index in [-0.39, 0.29) is 0 Å². The Morgan fingerprint density at radius 3 is 0.481 bits per heavy atom. The molecule has 0 unspecified atom stereocenters. The minimum atomic E-state index is 0.648. The first-order chi connectivity index (χ1) is 63.9. The van der Waals surface area contributed by atoms with E-state index in [2.05, 4.69) is 108 Å². The number of unbranched alkanes of at least 4 members (excludes halogenated alkanes) is 84. The van der Waals surface area contributed by atoms with E-state index in [9.17, 15) is 0 Å². The van der Waals surface area contributed by atoms with Crippen molar-refractivity contribution in [2.75, 3.05) is 10.6 Å². The van der Waals surface area contributed by atoms with Gasteiger partial charge in [0.1, 0.15) is 0 Å². The van der Waals surface area contributed by atoms with Gasteiger partial charge in [-0.25, -0.2) is 0 Å². The largest absolute Gasteiger partial charge is 0.324 e. The van der Waals surface area contributed by atoms with Crippen LogP contribution in [0.2, 0.25) is 0 Å².